The van der Waals surface area contributed by atoms with Crippen LogP contribution in [-0.4, -0.2) is 22.1 Å². The van der Waals surface area contributed by atoms with Crippen molar-refractivity contribution in [3.8, 4) is 0 Å². The van der Waals surface area contributed by atoms with Crippen LogP contribution in [0.3, 0.4) is 0 Å². The second kappa shape index (κ2) is 9.24. The summed E-state index contributed by atoms with van der Waals surface area (Å²) in [7, 11) is 0. The Morgan fingerprint density at radius 2 is 2.05 bits per heavy atom. The van der Waals surface area contributed by atoms with Crippen molar-refractivity contribution >= 4 is 17.7 Å². The summed E-state index contributed by atoms with van der Waals surface area (Å²) in [6.07, 6.45) is 12.1. The molecule has 0 aliphatic carbocycles. The van der Waals surface area contributed by atoms with Gasteiger partial charge in [-0.05, 0) is 37.5 Å². The first-order valence-electron chi connectivity index (χ1n) is 6.90. The van der Waals surface area contributed by atoms with E-state index in [-0.39, 0.29) is 0 Å². The van der Waals surface area contributed by atoms with Crippen LogP contribution in [0.25, 0.3) is 0 Å². The molecule has 0 aromatic rings. The number of carbonyl (C=O) groups is 1. The van der Waals surface area contributed by atoms with Crippen LogP contribution in [-0.2, 0) is 4.79 Å². The summed E-state index contributed by atoms with van der Waals surface area (Å²) in [6.45, 7) is 8.66. The predicted molar refractivity (Wildman–Crippen MR) is 85.8 cm³/mol. The topological polar surface area (TPSA) is 37.3 Å². The first kappa shape index (κ1) is 18.3. The zero-order chi connectivity index (χ0) is 14.9. The van der Waals surface area contributed by atoms with Crippen molar-refractivity contribution in [1.29, 1.82) is 0 Å². The van der Waals surface area contributed by atoms with Gasteiger partial charge in [0, 0.05) is 10.8 Å². The average molecular weight is 284 g/mol. The number of allylic oxidation sites excluding steroid dienone is 3. The van der Waals surface area contributed by atoms with Crippen LogP contribution in [0.1, 0.15) is 53.4 Å². The third-order valence-corrected chi connectivity index (χ3v) is 4.61. The SMILES string of the molecule is CSC(C)(C)CCCC(C)CC=CC(C)=CC(=O)O. The van der Waals surface area contributed by atoms with E-state index >= 15 is 0 Å². The molecule has 0 amide bonds. The van der Waals surface area contributed by atoms with Crippen molar-refractivity contribution in [2.75, 3.05) is 6.26 Å². The minimum atomic E-state index is -0.880. The maximum absolute atomic E-state index is 10.5. The summed E-state index contributed by atoms with van der Waals surface area (Å²) in [5, 5.41) is 8.60. The van der Waals surface area contributed by atoms with Gasteiger partial charge in [-0.1, -0.05) is 45.8 Å². The lowest BCUT2D eigenvalue weighted by Crippen LogP contribution is -2.13. The van der Waals surface area contributed by atoms with Gasteiger partial charge in [0.1, 0.15) is 0 Å². The van der Waals surface area contributed by atoms with Gasteiger partial charge in [-0.2, -0.15) is 11.8 Å². The summed E-state index contributed by atoms with van der Waals surface area (Å²) in [5.41, 5.74) is 0.795. The fourth-order valence-corrected chi connectivity index (χ4v) is 2.17. The maximum Gasteiger partial charge on any atom is 0.328 e. The zero-order valence-electron chi connectivity index (χ0n) is 12.9. The number of rotatable bonds is 9. The Morgan fingerprint density at radius 3 is 2.58 bits per heavy atom. The largest absolute Gasteiger partial charge is 0.478 e. The van der Waals surface area contributed by atoms with Gasteiger partial charge >= 0.3 is 5.97 Å². The molecule has 19 heavy (non-hydrogen) atoms. The molecule has 1 atom stereocenters. The smallest absolute Gasteiger partial charge is 0.328 e. The molecular weight excluding hydrogens is 256 g/mol. The Bertz CT molecular complexity index is 330. The number of aliphatic carboxylic acids is 1. The van der Waals surface area contributed by atoms with E-state index in [1.54, 1.807) is 0 Å². The predicted octanol–water partition coefficient (Wildman–Crippen LogP) is 4.91. The van der Waals surface area contributed by atoms with Crippen molar-refractivity contribution in [2.45, 2.75) is 58.1 Å². The normalized spacial score (nSPS) is 14.9. The third kappa shape index (κ3) is 10.9. The molecule has 0 saturated carbocycles. The van der Waals surface area contributed by atoms with Gasteiger partial charge < -0.3 is 5.11 Å². The van der Waals surface area contributed by atoms with Crippen molar-refractivity contribution in [3.05, 3.63) is 23.8 Å². The molecule has 0 spiro atoms. The molecule has 0 aromatic heterocycles. The molecule has 110 valence electrons. The molecular formula is C16H28O2S. The lowest BCUT2D eigenvalue weighted by Gasteiger charge is -2.22. The molecule has 0 radical (unpaired) electrons. The molecule has 0 aromatic carbocycles. The van der Waals surface area contributed by atoms with Gasteiger partial charge in [0.05, 0.1) is 0 Å². The molecule has 0 heterocycles. The van der Waals surface area contributed by atoms with Gasteiger partial charge in [-0.3, -0.25) is 0 Å². The van der Waals surface area contributed by atoms with Crippen molar-refractivity contribution in [2.24, 2.45) is 5.92 Å². The van der Waals surface area contributed by atoms with Crippen molar-refractivity contribution < 1.29 is 9.90 Å². The van der Waals surface area contributed by atoms with Gasteiger partial charge in [-0.15, -0.1) is 0 Å². The van der Waals surface area contributed by atoms with Crippen LogP contribution < -0.4 is 0 Å². The number of carboxylic acid groups (broad SMARTS) is 1. The summed E-state index contributed by atoms with van der Waals surface area (Å²) in [6, 6.07) is 0. The Hall–Kier alpha value is -0.700. The van der Waals surface area contributed by atoms with Gasteiger partial charge in [0.15, 0.2) is 0 Å². The maximum atomic E-state index is 10.5. The Labute approximate surface area is 122 Å². The number of carboxylic acids is 1. The molecule has 0 saturated heterocycles. The Balaban J connectivity index is 3.91. The van der Waals surface area contributed by atoms with E-state index < -0.39 is 5.97 Å². The highest BCUT2D eigenvalue weighted by Gasteiger charge is 2.15. The minimum absolute atomic E-state index is 0.385. The quantitative estimate of drug-likeness (QED) is 0.483. The monoisotopic (exact) mass is 284 g/mol. The van der Waals surface area contributed by atoms with Crippen LogP contribution in [0.2, 0.25) is 0 Å². The van der Waals surface area contributed by atoms with E-state index in [0.29, 0.717) is 10.7 Å². The molecule has 0 aliphatic rings. The van der Waals surface area contributed by atoms with Crippen molar-refractivity contribution in [1.82, 2.24) is 0 Å². The molecule has 0 aliphatic heterocycles. The molecule has 0 fully saturated rings. The minimum Gasteiger partial charge on any atom is -0.478 e. The Morgan fingerprint density at radius 1 is 1.42 bits per heavy atom. The van der Waals surface area contributed by atoms with Crippen LogP contribution in [0.5, 0.6) is 0 Å². The standard InChI is InChI=1S/C16H28O2S/c1-13(10-7-11-16(3,4)19-5)8-6-9-14(2)12-15(17)18/h6,9,12-13H,7-8,10-11H2,1-5H3,(H,17,18). The Kier molecular flexibility index (Phi) is 8.90. The first-order chi connectivity index (χ1) is 8.76. The molecule has 0 rings (SSSR count). The van der Waals surface area contributed by atoms with Gasteiger partial charge in [0.25, 0.3) is 0 Å². The zero-order valence-corrected chi connectivity index (χ0v) is 13.7. The van der Waals surface area contributed by atoms with Crippen LogP contribution >= 0.6 is 11.8 Å². The van der Waals surface area contributed by atoms with E-state index in [9.17, 15) is 4.79 Å². The molecule has 0 bridgehead atoms. The highest BCUT2D eigenvalue weighted by Crippen LogP contribution is 2.28. The van der Waals surface area contributed by atoms with E-state index in [1.807, 2.05) is 24.8 Å². The summed E-state index contributed by atoms with van der Waals surface area (Å²) in [4.78, 5) is 10.5. The number of hydrogen-bond donors (Lipinski definition) is 1. The molecule has 1 unspecified atom stereocenters. The summed E-state index contributed by atoms with van der Waals surface area (Å²) < 4.78 is 0.385. The number of hydrogen-bond acceptors (Lipinski definition) is 2. The lowest BCUT2D eigenvalue weighted by molar-refractivity contribution is -0.131. The average Bonchev–Trinajstić information content (AvgIpc) is 2.27. The fourth-order valence-electron chi connectivity index (χ4n) is 1.83. The highest BCUT2D eigenvalue weighted by atomic mass is 32.2. The van der Waals surface area contributed by atoms with Crippen LogP contribution in [0.4, 0.5) is 0 Å². The summed E-state index contributed by atoms with van der Waals surface area (Å²) >= 11 is 1.93. The van der Waals surface area contributed by atoms with E-state index in [1.165, 1.54) is 25.3 Å². The second-order valence-electron chi connectivity index (χ2n) is 5.83. The van der Waals surface area contributed by atoms with Crippen molar-refractivity contribution in [3.63, 3.8) is 0 Å². The van der Waals surface area contributed by atoms with Gasteiger partial charge in [0.2, 0.25) is 0 Å². The van der Waals surface area contributed by atoms with E-state index in [4.69, 9.17) is 5.11 Å². The third-order valence-electron chi connectivity index (χ3n) is 3.30. The van der Waals surface area contributed by atoms with E-state index in [2.05, 4.69) is 33.1 Å². The number of thioether (sulfide) groups is 1. The lowest BCUT2D eigenvalue weighted by atomic mass is 9.96. The van der Waals surface area contributed by atoms with Crippen LogP contribution in [0, 0.1) is 5.92 Å². The first-order valence-corrected chi connectivity index (χ1v) is 8.12. The molecule has 3 heteroatoms. The highest BCUT2D eigenvalue weighted by molar-refractivity contribution is 7.99. The molecule has 1 N–H and O–H groups in total. The molecule has 2 nitrogen and oxygen atoms in total. The second-order valence-corrected chi connectivity index (χ2v) is 7.34. The summed E-state index contributed by atoms with van der Waals surface area (Å²) in [5.74, 6) is -0.221. The van der Waals surface area contributed by atoms with E-state index in [0.717, 1.165) is 12.0 Å². The van der Waals surface area contributed by atoms with Gasteiger partial charge in [-0.25, -0.2) is 4.79 Å². The van der Waals surface area contributed by atoms with Crippen LogP contribution in [0.15, 0.2) is 23.8 Å². The fraction of sp³-hybridized carbons (Fsp3) is 0.688.